The highest BCUT2D eigenvalue weighted by atomic mass is 35.5. The van der Waals surface area contributed by atoms with Gasteiger partial charge in [0, 0.05) is 24.0 Å². The number of aryl methyl sites for hydroxylation is 1. The number of amides is 1. The minimum atomic E-state index is -0.0797. The summed E-state index contributed by atoms with van der Waals surface area (Å²) in [6, 6.07) is 11.4. The fourth-order valence-corrected chi connectivity index (χ4v) is 3.34. The number of rotatable bonds is 8. The number of benzene rings is 1. The van der Waals surface area contributed by atoms with E-state index < -0.39 is 0 Å². The molecule has 0 unspecified atom stereocenters. The number of pyridine rings is 1. The van der Waals surface area contributed by atoms with E-state index in [0.29, 0.717) is 17.1 Å². The summed E-state index contributed by atoms with van der Waals surface area (Å²) in [5, 5.41) is 8.52. The molecule has 2 aromatic heterocycles. The van der Waals surface area contributed by atoms with E-state index in [-0.39, 0.29) is 5.91 Å². The molecule has 146 valence electrons. The Bertz CT molecular complexity index is 920. The van der Waals surface area contributed by atoms with E-state index in [0.717, 1.165) is 48.3 Å². The normalized spacial score (nSPS) is 10.8. The molecule has 6 heteroatoms. The van der Waals surface area contributed by atoms with Crippen LogP contribution in [-0.2, 0) is 19.4 Å². The topological polar surface area (TPSA) is 59.8 Å². The Morgan fingerprint density at radius 2 is 1.71 bits per heavy atom. The Morgan fingerprint density at radius 3 is 2.36 bits per heavy atom. The zero-order valence-electron chi connectivity index (χ0n) is 16.3. The first-order valence-corrected chi connectivity index (χ1v) is 10.1. The number of halogens is 1. The fraction of sp³-hybridized carbons (Fsp3) is 0.318. The van der Waals surface area contributed by atoms with Crippen molar-refractivity contribution in [1.29, 1.82) is 0 Å². The van der Waals surface area contributed by atoms with Crippen LogP contribution in [0.1, 0.15) is 54.0 Å². The van der Waals surface area contributed by atoms with E-state index in [9.17, 15) is 4.79 Å². The third-order valence-corrected chi connectivity index (χ3v) is 4.78. The Balaban J connectivity index is 1.97. The van der Waals surface area contributed by atoms with Gasteiger partial charge >= 0.3 is 0 Å². The minimum Gasteiger partial charge on any atom is -0.348 e. The van der Waals surface area contributed by atoms with Crippen LogP contribution in [0.5, 0.6) is 0 Å². The van der Waals surface area contributed by atoms with E-state index in [1.165, 1.54) is 0 Å². The molecule has 1 amide bonds. The van der Waals surface area contributed by atoms with Crippen molar-refractivity contribution in [2.24, 2.45) is 0 Å². The van der Waals surface area contributed by atoms with Crippen molar-refractivity contribution >= 4 is 17.5 Å². The quantitative estimate of drug-likeness (QED) is 0.597. The molecule has 0 aliphatic carbocycles. The molecule has 0 bridgehead atoms. The molecular weight excluding hydrogens is 372 g/mol. The van der Waals surface area contributed by atoms with Gasteiger partial charge in [0.2, 0.25) is 0 Å². The zero-order valence-corrected chi connectivity index (χ0v) is 17.0. The highest BCUT2D eigenvalue weighted by Gasteiger charge is 2.23. The highest BCUT2D eigenvalue weighted by molar-refractivity contribution is 6.30. The van der Waals surface area contributed by atoms with Gasteiger partial charge in [0.15, 0.2) is 0 Å². The number of nitrogens with one attached hydrogen (secondary N) is 1. The van der Waals surface area contributed by atoms with Crippen molar-refractivity contribution in [2.45, 2.75) is 46.1 Å². The minimum absolute atomic E-state index is 0.0797. The highest BCUT2D eigenvalue weighted by Crippen LogP contribution is 2.23. The molecule has 0 saturated heterocycles. The molecule has 1 N–H and O–H groups in total. The second-order valence-corrected chi connectivity index (χ2v) is 7.13. The van der Waals surface area contributed by atoms with Crippen LogP contribution in [0.4, 0.5) is 0 Å². The Kier molecular flexibility index (Phi) is 6.82. The predicted molar refractivity (Wildman–Crippen MR) is 112 cm³/mol. The number of nitrogens with zero attached hydrogens (tertiary/aromatic N) is 3. The lowest BCUT2D eigenvalue weighted by Crippen LogP contribution is -2.25. The lowest BCUT2D eigenvalue weighted by atomic mass is 10.1. The predicted octanol–water partition coefficient (Wildman–Crippen LogP) is 4.76. The van der Waals surface area contributed by atoms with Gasteiger partial charge in [-0.3, -0.25) is 9.78 Å². The average Bonchev–Trinajstić information content (AvgIpc) is 3.06. The summed E-state index contributed by atoms with van der Waals surface area (Å²) in [7, 11) is 0. The van der Waals surface area contributed by atoms with Crippen molar-refractivity contribution < 1.29 is 4.79 Å². The summed E-state index contributed by atoms with van der Waals surface area (Å²) in [5.41, 5.74) is 4.42. The van der Waals surface area contributed by atoms with Crippen molar-refractivity contribution in [2.75, 3.05) is 0 Å². The van der Waals surface area contributed by atoms with Crippen molar-refractivity contribution in [3.63, 3.8) is 0 Å². The molecule has 0 aliphatic rings. The average molecular weight is 397 g/mol. The lowest BCUT2D eigenvalue weighted by Gasteiger charge is -2.10. The molecule has 0 spiro atoms. The molecule has 2 heterocycles. The largest absolute Gasteiger partial charge is 0.348 e. The lowest BCUT2D eigenvalue weighted by molar-refractivity contribution is 0.0949. The van der Waals surface area contributed by atoms with Gasteiger partial charge in [-0.2, -0.15) is 5.10 Å². The van der Waals surface area contributed by atoms with Gasteiger partial charge in [0.1, 0.15) is 0 Å². The van der Waals surface area contributed by atoms with Gasteiger partial charge in [-0.1, -0.05) is 38.3 Å². The van der Waals surface area contributed by atoms with Crippen molar-refractivity contribution in [3.05, 3.63) is 76.3 Å². The van der Waals surface area contributed by atoms with Crippen LogP contribution in [0.15, 0.2) is 48.8 Å². The first kappa shape index (κ1) is 20.1. The molecule has 0 aliphatic heterocycles. The second kappa shape index (κ2) is 9.51. The molecule has 1 aromatic carbocycles. The maximum Gasteiger partial charge on any atom is 0.255 e. The van der Waals surface area contributed by atoms with E-state index >= 15 is 0 Å². The van der Waals surface area contributed by atoms with Gasteiger partial charge < -0.3 is 5.32 Å². The first-order valence-electron chi connectivity index (χ1n) is 9.67. The monoisotopic (exact) mass is 396 g/mol. The van der Waals surface area contributed by atoms with E-state index in [2.05, 4.69) is 24.1 Å². The Labute approximate surface area is 170 Å². The van der Waals surface area contributed by atoms with Gasteiger partial charge in [0.25, 0.3) is 5.91 Å². The van der Waals surface area contributed by atoms with Crippen LogP contribution in [0.2, 0.25) is 5.02 Å². The maximum atomic E-state index is 13.1. The number of carbonyl (C=O) groups excluding carboxylic acids is 1. The molecule has 3 rings (SSSR count). The summed E-state index contributed by atoms with van der Waals surface area (Å²) in [6.07, 6.45) is 6.84. The van der Waals surface area contributed by atoms with Crippen LogP contribution >= 0.6 is 11.6 Å². The van der Waals surface area contributed by atoms with Crippen LogP contribution in [0.3, 0.4) is 0 Å². The summed E-state index contributed by atoms with van der Waals surface area (Å²) in [4.78, 5) is 17.1. The van der Waals surface area contributed by atoms with Crippen molar-refractivity contribution in [1.82, 2.24) is 20.1 Å². The van der Waals surface area contributed by atoms with Gasteiger partial charge in [-0.05, 0) is 54.8 Å². The van der Waals surface area contributed by atoms with Crippen molar-refractivity contribution in [3.8, 4) is 5.69 Å². The maximum absolute atomic E-state index is 13.1. The summed E-state index contributed by atoms with van der Waals surface area (Å²) in [6.45, 7) is 4.67. The summed E-state index contributed by atoms with van der Waals surface area (Å²) in [5.74, 6) is -0.0797. The number of carbonyl (C=O) groups is 1. The van der Waals surface area contributed by atoms with Gasteiger partial charge in [0.05, 0.1) is 22.6 Å². The number of aromatic nitrogens is 3. The molecule has 0 atom stereocenters. The van der Waals surface area contributed by atoms with Crippen LogP contribution in [-0.4, -0.2) is 20.7 Å². The number of hydrogen-bond donors (Lipinski definition) is 1. The van der Waals surface area contributed by atoms with E-state index in [1.54, 1.807) is 12.4 Å². The Morgan fingerprint density at radius 1 is 1.04 bits per heavy atom. The van der Waals surface area contributed by atoms with Gasteiger partial charge in [-0.25, -0.2) is 4.68 Å². The van der Waals surface area contributed by atoms with Crippen LogP contribution < -0.4 is 5.32 Å². The standard InChI is InChI=1S/C22H25ClN4O/c1-3-5-19-21(22(28)25-15-16-11-13-24-14-12-16)20(6-4-2)27(26-19)18-9-7-17(23)8-10-18/h7-14H,3-6,15H2,1-2H3,(H,25,28). The molecule has 5 nitrogen and oxygen atoms in total. The molecule has 0 saturated carbocycles. The second-order valence-electron chi connectivity index (χ2n) is 6.69. The van der Waals surface area contributed by atoms with E-state index in [4.69, 9.17) is 16.7 Å². The fourth-order valence-electron chi connectivity index (χ4n) is 3.21. The molecule has 0 fully saturated rings. The molecular formula is C22H25ClN4O. The third kappa shape index (κ3) is 4.60. The summed E-state index contributed by atoms with van der Waals surface area (Å²) >= 11 is 6.04. The first-order chi connectivity index (χ1) is 13.6. The molecule has 28 heavy (non-hydrogen) atoms. The zero-order chi connectivity index (χ0) is 19.9. The van der Waals surface area contributed by atoms with Crippen LogP contribution in [0, 0.1) is 0 Å². The van der Waals surface area contributed by atoms with Crippen LogP contribution in [0.25, 0.3) is 5.69 Å². The summed E-state index contributed by atoms with van der Waals surface area (Å²) < 4.78 is 1.90. The van der Waals surface area contributed by atoms with E-state index in [1.807, 2.05) is 41.1 Å². The van der Waals surface area contributed by atoms with Gasteiger partial charge in [-0.15, -0.1) is 0 Å². The molecule has 3 aromatic rings. The number of hydrogen-bond acceptors (Lipinski definition) is 3. The Hall–Kier alpha value is -2.66. The third-order valence-electron chi connectivity index (χ3n) is 4.53. The smallest absolute Gasteiger partial charge is 0.255 e. The molecule has 0 radical (unpaired) electrons. The SMILES string of the molecule is CCCc1nn(-c2ccc(Cl)cc2)c(CCC)c1C(=O)NCc1ccncc1.